The molecule has 4 aromatic carbocycles. The minimum Gasteiger partial charge on any atom is 0 e. The van der Waals surface area contributed by atoms with Crippen LogP contribution in [0.3, 0.4) is 0 Å². The first kappa shape index (κ1) is 53.2. The van der Waals surface area contributed by atoms with Gasteiger partial charge in [0.05, 0.1) is 22.8 Å². The maximum Gasteiger partial charge on any atom is 0 e. The summed E-state index contributed by atoms with van der Waals surface area (Å²) in [6.45, 7) is 27.0. The summed E-state index contributed by atoms with van der Waals surface area (Å²) in [6.07, 6.45) is 8.41. The van der Waals surface area contributed by atoms with Gasteiger partial charge in [0.15, 0.2) is 0 Å². The largest absolute Gasteiger partial charge is 0 e. The van der Waals surface area contributed by atoms with Crippen molar-refractivity contribution in [3.63, 3.8) is 0 Å². The normalized spacial score (nSPS) is 9.48. The SMILES string of the molecule is C1=Cc2nc1c(-c1ccccc1)c1ccc([n-]1)c(-c1ccccc1)c1nc(c(-c3ccccc3)c3ccc([n-]3)c2-c2ccccc2)C=C1.[C-]#[O+].[C-]#[O+].[C-]#[O+].[C-]#[O+].[C-]#[O+].[C-]#[O+].[Ir].[Ir]. The summed E-state index contributed by atoms with van der Waals surface area (Å²) in [4.78, 5) is 21.2. The van der Waals surface area contributed by atoms with Crippen molar-refractivity contribution in [1.29, 1.82) is 0 Å². The van der Waals surface area contributed by atoms with Gasteiger partial charge in [0.1, 0.15) is 0 Å². The van der Waals surface area contributed by atoms with E-state index in [1.54, 1.807) is 0 Å². The van der Waals surface area contributed by atoms with E-state index in [2.05, 4.69) is 186 Å². The molecule has 2 aliphatic heterocycles. The van der Waals surface area contributed by atoms with Gasteiger partial charge < -0.3 is 9.97 Å². The zero-order valence-corrected chi connectivity index (χ0v) is 36.9. The van der Waals surface area contributed by atoms with Gasteiger partial charge in [-0.25, -0.2) is 9.97 Å². The van der Waals surface area contributed by atoms with Crippen LogP contribution in [0, 0.1) is 39.9 Å². The Bertz CT molecular complexity index is 2460. The molecular weight excluding hydrogens is 1140 g/mol. The summed E-state index contributed by atoms with van der Waals surface area (Å²) in [7, 11) is 0. The summed E-state index contributed by atoms with van der Waals surface area (Å²) < 4.78 is 45.0. The second-order valence-electron chi connectivity index (χ2n) is 11.8. The summed E-state index contributed by atoms with van der Waals surface area (Å²) in [5, 5.41) is 0. The van der Waals surface area contributed by atoms with Crippen molar-refractivity contribution < 1.29 is 68.1 Å². The second-order valence-corrected chi connectivity index (χ2v) is 11.8. The van der Waals surface area contributed by atoms with Crippen LogP contribution in [0.25, 0.3) is 90.9 Å². The molecule has 62 heavy (non-hydrogen) atoms. The van der Waals surface area contributed by atoms with E-state index in [4.69, 9.17) is 47.8 Å². The van der Waals surface area contributed by atoms with Crippen LogP contribution in [0.15, 0.2) is 146 Å². The molecular formula is C50H28Ir2N4O6-2. The van der Waals surface area contributed by atoms with E-state index in [0.29, 0.717) is 0 Å². The fraction of sp³-hybridized carbons (Fsp3) is 0. The fourth-order valence-electron chi connectivity index (χ4n) is 6.69. The van der Waals surface area contributed by atoms with Crippen molar-refractivity contribution in [3.8, 4) is 44.5 Å². The molecule has 2 aliphatic rings. The molecule has 0 spiro atoms. The molecule has 304 valence electrons. The molecule has 0 unspecified atom stereocenters. The summed E-state index contributed by atoms with van der Waals surface area (Å²) in [5.74, 6) is 0. The number of fused-ring (bicyclic) bond motifs is 8. The van der Waals surface area contributed by atoms with E-state index >= 15 is 0 Å². The second kappa shape index (κ2) is 28.6. The van der Waals surface area contributed by atoms with Crippen LogP contribution in [0.5, 0.6) is 0 Å². The molecule has 0 fully saturated rings. The van der Waals surface area contributed by atoms with Crippen LogP contribution in [0.2, 0.25) is 0 Å². The van der Waals surface area contributed by atoms with Gasteiger partial charge in [-0.05, 0) is 68.8 Å². The third-order valence-corrected chi connectivity index (χ3v) is 8.86. The molecule has 7 aromatic rings. The van der Waals surface area contributed by atoms with Crippen LogP contribution >= 0.6 is 0 Å². The average Bonchev–Trinajstić information content (AvgIpc) is 4.21. The molecule has 0 aliphatic carbocycles. The molecule has 5 heterocycles. The quantitative estimate of drug-likeness (QED) is 0.126. The minimum absolute atomic E-state index is 0. The monoisotopic (exact) mass is 1170 g/mol. The molecule has 0 atom stereocenters. The van der Waals surface area contributed by atoms with Gasteiger partial charge in [-0.15, -0.1) is 22.1 Å². The Balaban J connectivity index is 0.00000127. The molecule has 0 amide bonds. The van der Waals surface area contributed by atoms with Crippen LogP contribution in [-0.4, -0.2) is 9.97 Å². The molecule has 8 bridgehead atoms. The Hall–Kier alpha value is -6.78. The predicted octanol–water partition coefficient (Wildman–Crippen LogP) is 10.4. The number of nitrogens with zero attached hydrogens (tertiary/aromatic N) is 4. The van der Waals surface area contributed by atoms with E-state index in [0.717, 1.165) is 89.4 Å². The van der Waals surface area contributed by atoms with Crippen LogP contribution in [-0.2, 0) is 68.1 Å². The van der Waals surface area contributed by atoms with Crippen LogP contribution < -0.4 is 9.97 Å². The summed E-state index contributed by atoms with van der Waals surface area (Å²) in [6, 6.07) is 50.0. The standard InChI is InChI=1S/C44H28N4.6CO.2Ir/c1-5-13-29(14-6-1)41-33-21-23-35(45-33)42(30-15-7-2-8-16-30)37-25-27-39(47-37)44(32-19-11-4-12-20-32)40-28-26-38(48-40)43(31-17-9-3-10-18-31)36-24-22-34(41)46-36;6*1-2;;/h1-28H;;;;;;;;/q-2;;;;;;;;. The number of hydrogen-bond donors (Lipinski definition) is 0. The van der Waals surface area contributed by atoms with Gasteiger partial charge in [0, 0.05) is 40.2 Å². The number of rotatable bonds is 4. The molecule has 9 rings (SSSR count). The predicted molar refractivity (Wildman–Crippen MR) is 222 cm³/mol. The van der Waals surface area contributed by atoms with Crippen molar-refractivity contribution in [3.05, 3.63) is 208 Å². The zero-order valence-electron chi connectivity index (χ0n) is 32.1. The Morgan fingerprint density at radius 2 is 0.452 bits per heavy atom. The van der Waals surface area contributed by atoms with E-state index in [-0.39, 0.29) is 40.2 Å². The van der Waals surface area contributed by atoms with Crippen molar-refractivity contribution >= 4 is 46.4 Å². The van der Waals surface area contributed by atoms with Gasteiger partial charge >= 0.3 is 67.8 Å². The van der Waals surface area contributed by atoms with Gasteiger partial charge in [0.25, 0.3) is 0 Å². The molecule has 12 heteroatoms. The van der Waals surface area contributed by atoms with Crippen LogP contribution in [0.4, 0.5) is 0 Å². The van der Waals surface area contributed by atoms with Crippen molar-refractivity contribution in [1.82, 2.24) is 19.9 Å². The first-order valence-corrected chi connectivity index (χ1v) is 17.3. The molecule has 10 nitrogen and oxygen atoms in total. The van der Waals surface area contributed by atoms with E-state index in [1.165, 1.54) is 0 Å². The fourth-order valence-corrected chi connectivity index (χ4v) is 6.69. The average molecular weight is 1170 g/mol. The topological polar surface area (TPSA) is 173 Å². The van der Waals surface area contributed by atoms with E-state index in [9.17, 15) is 0 Å². The number of hydrogen-bond acceptors (Lipinski definition) is 2. The molecule has 0 N–H and O–H groups in total. The van der Waals surface area contributed by atoms with E-state index in [1.807, 2.05) is 24.3 Å². The van der Waals surface area contributed by atoms with E-state index < -0.39 is 0 Å². The maximum absolute atomic E-state index is 7.50. The van der Waals surface area contributed by atoms with Crippen molar-refractivity contribution in [2.24, 2.45) is 0 Å². The van der Waals surface area contributed by atoms with Gasteiger partial charge in [-0.2, -0.15) is 0 Å². The Morgan fingerprint density at radius 3 is 0.629 bits per heavy atom. The Labute approximate surface area is 384 Å². The number of aromatic nitrogens is 4. The first-order valence-electron chi connectivity index (χ1n) is 17.3. The zero-order chi connectivity index (χ0) is 43.9. The molecule has 0 saturated carbocycles. The minimum atomic E-state index is 0. The summed E-state index contributed by atoms with van der Waals surface area (Å²) in [5.41, 5.74) is 15.0. The summed E-state index contributed by atoms with van der Waals surface area (Å²) >= 11 is 0. The Morgan fingerprint density at radius 1 is 0.274 bits per heavy atom. The third-order valence-electron chi connectivity index (χ3n) is 8.86. The smallest absolute Gasteiger partial charge is 0 e. The van der Waals surface area contributed by atoms with Crippen molar-refractivity contribution in [2.45, 2.75) is 0 Å². The Kier molecular flexibility index (Phi) is 24.6. The first-order chi connectivity index (χ1) is 29.8. The molecule has 3 aromatic heterocycles. The van der Waals surface area contributed by atoms with Crippen molar-refractivity contribution in [2.75, 3.05) is 0 Å². The number of benzene rings is 4. The van der Waals surface area contributed by atoms with Gasteiger partial charge in [-0.3, -0.25) is 0 Å². The molecule has 2 radical (unpaired) electrons. The van der Waals surface area contributed by atoms with Gasteiger partial charge in [-0.1, -0.05) is 146 Å². The van der Waals surface area contributed by atoms with Gasteiger partial charge in [0.2, 0.25) is 0 Å². The van der Waals surface area contributed by atoms with Crippen LogP contribution in [0.1, 0.15) is 22.8 Å². The third kappa shape index (κ3) is 12.2. The maximum atomic E-state index is 7.50. The molecule has 0 saturated heterocycles.